The molecule has 2 heteroatoms. The third-order valence-electron chi connectivity index (χ3n) is 0.625. The van der Waals surface area contributed by atoms with Crippen LogP contribution in [0.25, 0.3) is 0 Å². The molecule has 0 fully saturated rings. The Morgan fingerprint density at radius 2 is 2.50 bits per heavy atom. The molecule has 0 radical (unpaired) electrons. The third-order valence-corrected chi connectivity index (χ3v) is 1.02. The molecule has 0 bridgehead atoms. The van der Waals surface area contributed by atoms with Crippen molar-refractivity contribution in [1.82, 2.24) is 4.34 Å². The van der Waals surface area contributed by atoms with Crippen LogP contribution >= 0.6 is 16.1 Å². The number of hydrogen-bond donors (Lipinski definition) is 1. The molecule has 0 saturated heterocycles. The lowest BCUT2D eigenvalue weighted by Gasteiger charge is -1.87. The Morgan fingerprint density at radius 1 is 1.83 bits per heavy atom. The van der Waals surface area contributed by atoms with Gasteiger partial charge in [-0.3, -0.25) is 4.34 Å². The second-order valence-electron chi connectivity index (χ2n) is 1.24. The molecule has 0 aromatic rings. The second kappa shape index (κ2) is 5.44. The van der Waals surface area contributed by atoms with E-state index in [0.717, 1.165) is 6.54 Å². The van der Waals surface area contributed by atoms with Crippen LogP contribution < -0.4 is 4.34 Å². The van der Waals surface area contributed by atoms with Crippen LogP contribution in [0.15, 0.2) is 0 Å². The Balaban J connectivity index is 0. The van der Waals surface area contributed by atoms with Gasteiger partial charge in [0.1, 0.15) is 0 Å². The van der Waals surface area contributed by atoms with Gasteiger partial charge in [0, 0.05) is 22.7 Å². The predicted octanol–water partition coefficient (Wildman–Crippen LogP) is 1.80. The molecule has 0 aliphatic rings. The Kier molecular flexibility index (Phi) is 5.84. The van der Waals surface area contributed by atoms with E-state index in [2.05, 4.69) is 27.4 Å². The molecule has 0 atom stereocenters. The molecule has 0 aromatic carbocycles. The molecule has 6 heavy (non-hydrogen) atoms. The van der Waals surface area contributed by atoms with E-state index in [-0.39, 0.29) is 1.43 Å². The van der Waals surface area contributed by atoms with Crippen molar-refractivity contribution in [2.45, 2.75) is 19.8 Å². The molecule has 0 saturated carbocycles. The first-order chi connectivity index (χ1) is 2.91. The molecule has 0 unspecified atom stereocenters. The van der Waals surface area contributed by atoms with E-state index >= 15 is 0 Å². The number of nitrogens with one attached hydrogen (secondary N) is 1. The van der Waals surface area contributed by atoms with Crippen LogP contribution in [-0.4, -0.2) is 6.54 Å². The van der Waals surface area contributed by atoms with Crippen LogP contribution in [0.2, 0.25) is 0 Å². The van der Waals surface area contributed by atoms with E-state index in [1.807, 2.05) is 0 Å². The summed E-state index contributed by atoms with van der Waals surface area (Å²) in [5, 5.41) is 0. The minimum atomic E-state index is 0. The van der Waals surface area contributed by atoms with Crippen molar-refractivity contribution in [3.63, 3.8) is 0 Å². The lowest BCUT2D eigenvalue weighted by atomic mass is 10.3. The summed E-state index contributed by atoms with van der Waals surface area (Å²) in [4.78, 5) is 0. The molecular weight excluding hydrogens is 142 g/mol. The Bertz CT molecular complexity index is 23.7. The first-order valence-corrected chi connectivity index (χ1v) is 3.04. The van der Waals surface area contributed by atoms with E-state index in [1.54, 1.807) is 0 Å². The monoisotopic (exact) mass is 152 g/mol. The van der Waals surface area contributed by atoms with E-state index < -0.39 is 0 Å². The molecule has 0 aliphatic heterocycles. The van der Waals surface area contributed by atoms with Crippen LogP contribution in [0.4, 0.5) is 0 Å². The van der Waals surface area contributed by atoms with Crippen LogP contribution in [0.5, 0.6) is 0 Å². The summed E-state index contributed by atoms with van der Waals surface area (Å²) < 4.78 is 2.88. The van der Waals surface area contributed by atoms with Gasteiger partial charge in [0.05, 0.1) is 0 Å². The summed E-state index contributed by atoms with van der Waals surface area (Å²) in [6.07, 6.45) is 2.52. The maximum Gasteiger partial charge on any atom is 1.00 e. The van der Waals surface area contributed by atoms with Crippen LogP contribution in [0, 0.1) is 0 Å². The molecule has 0 rings (SSSR count). The Morgan fingerprint density at radius 3 is 2.67 bits per heavy atom. The third kappa shape index (κ3) is 4.44. The fraction of sp³-hybridized carbons (Fsp3) is 1.00. The van der Waals surface area contributed by atoms with Gasteiger partial charge >= 0.3 is 1.43 Å². The SMILES string of the molecule is CCCCNBr.[H+]. The summed E-state index contributed by atoms with van der Waals surface area (Å²) in [7, 11) is 0. The fourth-order valence-electron chi connectivity index (χ4n) is 0.244. The van der Waals surface area contributed by atoms with Crippen molar-refractivity contribution in [3.05, 3.63) is 0 Å². The van der Waals surface area contributed by atoms with Crippen LogP contribution in [-0.2, 0) is 0 Å². The zero-order chi connectivity index (χ0) is 4.83. The zero-order valence-corrected chi connectivity index (χ0v) is 5.59. The fourth-order valence-corrected chi connectivity index (χ4v) is 0.524. The van der Waals surface area contributed by atoms with Gasteiger partial charge in [-0.15, -0.1) is 0 Å². The van der Waals surface area contributed by atoms with Gasteiger partial charge in [0.2, 0.25) is 0 Å². The Hall–Kier alpha value is 0.440. The zero-order valence-electron chi connectivity index (χ0n) is 5.00. The molecule has 38 valence electrons. The lowest BCUT2D eigenvalue weighted by Crippen LogP contribution is -1.97. The van der Waals surface area contributed by atoms with Gasteiger partial charge < -0.3 is 0 Å². The summed E-state index contributed by atoms with van der Waals surface area (Å²) >= 11 is 3.10. The first kappa shape index (κ1) is 6.44. The van der Waals surface area contributed by atoms with Crippen molar-refractivity contribution < 1.29 is 1.43 Å². The number of hydrogen-bond acceptors (Lipinski definition) is 1. The van der Waals surface area contributed by atoms with Crippen molar-refractivity contribution in [1.29, 1.82) is 0 Å². The topological polar surface area (TPSA) is 12.0 Å². The van der Waals surface area contributed by atoms with Gasteiger partial charge in [-0.25, -0.2) is 0 Å². The maximum atomic E-state index is 3.10. The smallest absolute Gasteiger partial charge is 0.256 e. The van der Waals surface area contributed by atoms with Gasteiger partial charge in [-0.1, -0.05) is 13.3 Å². The van der Waals surface area contributed by atoms with Crippen molar-refractivity contribution in [2.75, 3.05) is 6.54 Å². The van der Waals surface area contributed by atoms with Crippen molar-refractivity contribution in [2.24, 2.45) is 0 Å². The first-order valence-electron chi connectivity index (χ1n) is 2.25. The van der Waals surface area contributed by atoms with E-state index in [4.69, 9.17) is 0 Å². The van der Waals surface area contributed by atoms with Gasteiger partial charge in [-0.05, 0) is 6.42 Å². The highest BCUT2D eigenvalue weighted by atomic mass is 79.9. The van der Waals surface area contributed by atoms with E-state index in [1.165, 1.54) is 12.8 Å². The largest absolute Gasteiger partial charge is 1.00 e. The number of halogens is 1. The van der Waals surface area contributed by atoms with Gasteiger partial charge in [0.15, 0.2) is 0 Å². The normalized spacial score (nSPS) is 9.00. The number of rotatable bonds is 3. The highest BCUT2D eigenvalue weighted by molar-refractivity contribution is 9.08. The highest BCUT2D eigenvalue weighted by Crippen LogP contribution is 1.82. The standard InChI is InChI=1S/C4H10BrN/c1-2-3-4-6-5/h6H,2-4H2,1H3/p+1. The maximum absolute atomic E-state index is 3.10. The average Bonchev–Trinajstić information content (AvgIpc) is 1.61. The summed E-state index contributed by atoms with van der Waals surface area (Å²) in [6.45, 7) is 3.25. The van der Waals surface area contributed by atoms with E-state index in [0.29, 0.717) is 0 Å². The average molecular weight is 153 g/mol. The molecule has 0 aliphatic carbocycles. The van der Waals surface area contributed by atoms with Crippen molar-refractivity contribution in [3.8, 4) is 0 Å². The van der Waals surface area contributed by atoms with Crippen LogP contribution in [0.3, 0.4) is 0 Å². The molecule has 1 N–H and O–H groups in total. The quantitative estimate of drug-likeness (QED) is 0.481. The predicted molar refractivity (Wildman–Crippen MR) is 32.9 cm³/mol. The van der Waals surface area contributed by atoms with Gasteiger partial charge in [-0.2, -0.15) is 0 Å². The summed E-state index contributed by atoms with van der Waals surface area (Å²) in [5.74, 6) is 0. The molecule has 1 nitrogen and oxygen atoms in total. The second-order valence-corrected chi connectivity index (χ2v) is 1.80. The molecule has 0 amide bonds. The number of unbranched alkanes of at least 4 members (excludes halogenated alkanes) is 1. The highest BCUT2D eigenvalue weighted by Gasteiger charge is 1.74. The summed E-state index contributed by atoms with van der Waals surface area (Å²) in [5.41, 5.74) is 0. The Labute approximate surface area is 48.9 Å². The molecular formula is C4H11BrN+. The van der Waals surface area contributed by atoms with Crippen LogP contribution in [0.1, 0.15) is 21.2 Å². The van der Waals surface area contributed by atoms with Crippen molar-refractivity contribution >= 4 is 16.1 Å². The van der Waals surface area contributed by atoms with E-state index in [9.17, 15) is 0 Å². The molecule has 0 aromatic heterocycles. The minimum absolute atomic E-state index is 0. The molecule has 0 spiro atoms. The summed E-state index contributed by atoms with van der Waals surface area (Å²) in [6, 6.07) is 0. The molecule has 0 heterocycles. The van der Waals surface area contributed by atoms with Gasteiger partial charge in [0.25, 0.3) is 0 Å². The lowest BCUT2D eigenvalue weighted by molar-refractivity contribution is 0.782. The minimum Gasteiger partial charge on any atom is -0.256 e.